The van der Waals surface area contributed by atoms with Gasteiger partial charge in [-0.25, -0.2) is 4.98 Å². The van der Waals surface area contributed by atoms with Gasteiger partial charge in [-0.05, 0) is 12.1 Å². The van der Waals surface area contributed by atoms with E-state index in [4.69, 9.17) is 19.6 Å². The summed E-state index contributed by atoms with van der Waals surface area (Å²) >= 11 is 0. The lowest BCUT2D eigenvalue weighted by Crippen LogP contribution is -2.24. The molecule has 0 saturated heterocycles. The van der Waals surface area contributed by atoms with E-state index in [-0.39, 0.29) is 24.0 Å². The molecule has 0 atom stereocenters. The monoisotopic (exact) mass is 317 g/mol. The van der Waals surface area contributed by atoms with Crippen LogP contribution < -0.4 is 20.5 Å². The number of nitrogens with one attached hydrogen (secondary N) is 1. The van der Waals surface area contributed by atoms with Crippen LogP contribution in [-0.4, -0.2) is 30.0 Å². The number of hydrogen-bond donors (Lipinski definition) is 2. The molecule has 0 radical (unpaired) electrons. The number of nitrogens with zero attached hydrogens (tertiary/aromatic N) is 1. The second kappa shape index (κ2) is 6.39. The molecule has 2 heterocycles. The average molecular weight is 317 g/mol. The minimum absolute atomic E-state index is 0.0135. The number of fused-ring (bicyclic) bond motifs is 1. The molecule has 0 saturated carbocycles. The molecule has 1 aliphatic heterocycles. The Labute approximate surface area is 131 Å². The standard InChI is InChI=1S/C15H15N3O5/c16-14(19)10-8-23-12(18-10)7-17-15(20)9-3-1-4-11-13(9)22-6-2-5-21-11/h1,3-4,8H,2,5-7H2,(H2,16,19)(H,17,20). The third-order valence-electron chi connectivity index (χ3n) is 3.22. The molecule has 0 aliphatic carbocycles. The Morgan fingerprint density at radius 1 is 1.26 bits per heavy atom. The van der Waals surface area contributed by atoms with Crippen LogP contribution in [0, 0.1) is 0 Å². The van der Waals surface area contributed by atoms with Gasteiger partial charge in [0.2, 0.25) is 5.89 Å². The highest BCUT2D eigenvalue weighted by molar-refractivity contribution is 5.97. The molecule has 23 heavy (non-hydrogen) atoms. The summed E-state index contributed by atoms with van der Waals surface area (Å²) in [6, 6.07) is 5.12. The highest BCUT2D eigenvalue weighted by Gasteiger charge is 2.20. The molecule has 1 aliphatic rings. The lowest BCUT2D eigenvalue weighted by Gasteiger charge is -2.11. The highest BCUT2D eigenvalue weighted by atomic mass is 16.5. The summed E-state index contributed by atoms with van der Waals surface area (Å²) in [5.41, 5.74) is 5.47. The molecular formula is C15H15N3O5. The van der Waals surface area contributed by atoms with Gasteiger partial charge in [-0.2, -0.15) is 0 Å². The van der Waals surface area contributed by atoms with Gasteiger partial charge in [0, 0.05) is 6.42 Å². The Morgan fingerprint density at radius 3 is 2.87 bits per heavy atom. The Kier molecular flexibility index (Phi) is 4.13. The molecule has 0 bridgehead atoms. The highest BCUT2D eigenvalue weighted by Crippen LogP contribution is 2.33. The summed E-state index contributed by atoms with van der Waals surface area (Å²) in [6.45, 7) is 1.06. The Hall–Kier alpha value is -3.03. The minimum Gasteiger partial charge on any atom is -0.490 e. The third kappa shape index (κ3) is 3.25. The van der Waals surface area contributed by atoms with Crippen molar-refractivity contribution in [3.8, 4) is 11.5 Å². The predicted molar refractivity (Wildman–Crippen MR) is 78.2 cm³/mol. The zero-order chi connectivity index (χ0) is 16.2. The second-order valence-corrected chi connectivity index (χ2v) is 4.86. The van der Waals surface area contributed by atoms with E-state index in [1.54, 1.807) is 18.2 Å². The van der Waals surface area contributed by atoms with Crippen molar-refractivity contribution < 1.29 is 23.5 Å². The molecule has 2 amide bonds. The number of hydrogen-bond acceptors (Lipinski definition) is 6. The van der Waals surface area contributed by atoms with Crippen molar-refractivity contribution in [2.24, 2.45) is 5.73 Å². The van der Waals surface area contributed by atoms with Gasteiger partial charge in [0.25, 0.3) is 11.8 Å². The van der Waals surface area contributed by atoms with Crippen LogP contribution in [0.5, 0.6) is 11.5 Å². The number of ether oxygens (including phenoxy) is 2. The van der Waals surface area contributed by atoms with Crippen LogP contribution in [0.15, 0.2) is 28.9 Å². The second-order valence-electron chi connectivity index (χ2n) is 4.86. The first-order valence-corrected chi connectivity index (χ1v) is 7.06. The Balaban J connectivity index is 1.72. The Bertz CT molecular complexity index is 740. The van der Waals surface area contributed by atoms with Crippen LogP contribution in [0.3, 0.4) is 0 Å². The SMILES string of the molecule is NC(=O)c1coc(CNC(=O)c2cccc3c2OCCCO3)n1. The van der Waals surface area contributed by atoms with Gasteiger partial charge in [-0.1, -0.05) is 6.07 Å². The molecular weight excluding hydrogens is 302 g/mol. The molecule has 8 heteroatoms. The number of carbonyl (C=O) groups is 2. The van der Waals surface area contributed by atoms with Crippen LogP contribution in [0.1, 0.15) is 33.2 Å². The molecule has 8 nitrogen and oxygen atoms in total. The molecule has 0 unspecified atom stereocenters. The molecule has 0 fully saturated rings. The molecule has 1 aromatic carbocycles. The molecule has 0 spiro atoms. The molecule has 3 N–H and O–H groups in total. The fourth-order valence-corrected chi connectivity index (χ4v) is 2.13. The van der Waals surface area contributed by atoms with Gasteiger partial charge < -0.3 is 24.9 Å². The van der Waals surface area contributed by atoms with E-state index in [1.807, 2.05) is 0 Å². The van der Waals surface area contributed by atoms with Crippen LogP contribution in [0.2, 0.25) is 0 Å². The van der Waals surface area contributed by atoms with Crippen molar-refractivity contribution in [1.29, 1.82) is 0 Å². The van der Waals surface area contributed by atoms with Gasteiger partial charge in [0.1, 0.15) is 6.26 Å². The summed E-state index contributed by atoms with van der Waals surface area (Å²) in [5, 5.41) is 2.66. The molecule has 120 valence electrons. The lowest BCUT2D eigenvalue weighted by molar-refractivity contribution is 0.0942. The first-order chi connectivity index (χ1) is 11.1. The third-order valence-corrected chi connectivity index (χ3v) is 3.22. The maximum atomic E-state index is 12.3. The quantitative estimate of drug-likeness (QED) is 0.864. The van der Waals surface area contributed by atoms with E-state index in [1.165, 1.54) is 0 Å². The number of aromatic nitrogens is 1. The van der Waals surface area contributed by atoms with Crippen molar-refractivity contribution >= 4 is 11.8 Å². The van der Waals surface area contributed by atoms with E-state index >= 15 is 0 Å². The number of primary amides is 1. The number of amides is 2. The zero-order valence-electron chi connectivity index (χ0n) is 12.2. The topological polar surface area (TPSA) is 117 Å². The van der Waals surface area contributed by atoms with E-state index in [2.05, 4.69) is 10.3 Å². The minimum atomic E-state index is -0.690. The maximum Gasteiger partial charge on any atom is 0.270 e. The van der Waals surface area contributed by atoms with Gasteiger partial charge in [0.05, 0.1) is 25.3 Å². The largest absolute Gasteiger partial charge is 0.490 e. The number of nitrogens with two attached hydrogens (primary N) is 1. The van der Waals surface area contributed by atoms with Crippen molar-refractivity contribution in [1.82, 2.24) is 10.3 Å². The van der Waals surface area contributed by atoms with Crippen LogP contribution in [-0.2, 0) is 6.54 Å². The van der Waals surface area contributed by atoms with Gasteiger partial charge in [0.15, 0.2) is 17.2 Å². The van der Waals surface area contributed by atoms with Crippen molar-refractivity contribution in [2.75, 3.05) is 13.2 Å². The number of oxazole rings is 1. The lowest BCUT2D eigenvalue weighted by atomic mass is 10.1. The zero-order valence-corrected chi connectivity index (χ0v) is 12.2. The predicted octanol–water partition coefficient (Wildman–Crippen LogP) is 0.865. The van der Waals surface area contributed by atoms with Gasteiger partial charge >= 0.3 is 0 Å². The number of rotatable bonds is 4. The Morgan fingerprint density at radius 2 is 2.09 bits per heavy atom. The smallest absolute Gasteiger partial charge is 0.270 e. The number of carbonyl (C=O) groups excluding carboxylic acids is 2. The first kappa shape index (κ1) is 14.9. The van der Waals surface area contributed by atoms with E-state index in [0.29, 0.717) is 30.3 Å². The summed E-state index contributed by atoms with van der Waals surface area (Å²) in [7, 11) is 0. The molecule has 1 aromatic heterocycles. The van der Waals surface area contributed by atoms with Crippen molar-refractivity contribution in [3.05, 3.63) is 41.6 Å². The van der Waals surface area contributed by atoms with Gasteiger partial charge in [-0.3, -0.25) is 9.59 Å². The maximum absolute atomic E-state index is 12.3. The summed E-state index contributed by atoms with van der Waals surface area (Å²) < 4.78 is 16.2. The van der Waals surface area contributed by atoms with Crippen molar-refractivity contribution in [3.63, 3.8) is 0 Å². The number of para-hydroxylation sites is 1. The van der Waals surface area contributed by atoms with Crippen LogP contribution in [0.4, 0.5) is 0 Å². The van der Waals surface area contributed by atoms with Gasteiger partial charge in [-0.15, -0.1) is 0 Å². The number of benzene rings is 1. The average Bonchev–Trinajstić information content (AvgIpc) is 2.89. The fourth-order valence-electron chi connectivity index (χ4n) is 2.13. The summed E-state index contributed by atoms with van der Waals surface area (Å²) in [4.78, 5) is 27.1. The van der Waals surface area contributed by atoms with Crippen LogP contribution >= 0.6 is 0 Å². The molecule has 3 rings (SSSR count). The van der Waals surface area contributed by atoms with Crippen molar-refractivity contribution in [2.45, 2.75) is 13.0 Å². The van der Waals surface area contributed by atoms with E-state index in [9.17, 15) is 9.59 Å². The summed E-state index contributed by atoms with van der Waals surface area (Å²) in [5.74, 6) is 0.109. The molecule has 2 aromatic rings. The fraction of sp³-hybridized carbons (Fsp3) is 0.267. The van der Waals surface area contributed by atoms with E-state index in [0.717, 1.165) is 12.7 Å². The normalized spacial score (nSPS) is 13.2. The summed E-state index contributed by atoms with van der Waals surface area (Å²) in [6.07, 6.45) is 1.90. The first-order valence-electron chi connectivity index (χ1n) is 7.06. The van der Waals surface area contributed by atoms with Crippen LogP contribution in [0.25, 0.3) is 0 Å². The van der Waals surface area contributed by atoms with E-state index < -0.39 is 5.91 Å².